The molecule has 1 atom stereocenters. The third-order valence-corrected chi connectivity index (χ3v) is 5.02. The number of nitrogens with one attached hydrogen (secondary N) is 1. The van der Waals surface area contributed by atoms with Gasteiger partial charge >= 0.3 is 6.03 Å². The van der Waals surface area contributed by atoms with Crippen molar-refractivity contribution in [2.45, 2.75) is 32.4 Å². The molecule has 2 aromatic heterocycles. The molecule has 1 aliphatic rings. The number of hydrogen-bond donors (Lipinski definition) is 1. The number of aromatic nitrogens is 3. The van der Waals surface area contributed by atoms with E-state index in [9.17, 15) is 9.18 Å². The van der Waals surface area contributed by atoms with Gasteiger partial charge in [-0.05, 0) is 43.2 Å². The summed E-state index contributed by atoms with van der Waals surface area (Å²) in [6.07, 6.45) is 2.65. The lowest BCUT2D eigenvalue weighted by Gasteiger charge is -2.17. The van der Waals surface area contributed by atoms with Gasteiger partial charge < -0.3 is 14.8 Å². The first-order valence-electron chi connectivity index (χ1n) is 9.24. The van der Waals surface area contributed by atoms with Crippen molar-refractivity contribution in [1.82, 2.24) is 24.8 Å². The Hall–Kier alpha value is -2.96. The smallest absolute Gasteiger partial charge is 0.317 e. The van der Waals surface area contributed by atoms with Crippen LogP contribution in [0.15, 0.2) is 42.6 Å². The first-order chi connectivity index (χ1) is 13.2. The standard InChI is InChI=1S/C20H22FN5O/c1-2-26-18(24-17-7-4-9-22-19(17)26)15-8-10-25(13-15)20(27)23-12-14-5-3-6-16(21)11-14/h3-7,9,11,15H,2,8,10,12-13H2,1H3,(H,23,27)/t15-/m1/s1. The number of carbonyl (C=O) groups is 1. The molecule has 1 N–H and O–H groups in total. The van der Waals surface area contributed by atoms with Crippen LogP contribution in [0.5, 0.6) is 0 Å². The molecule has 4 rings (SSSR count). The summed E-state index contributed by atoms with van der Waals surface area (Å²) in [5.74, 6) is 0.890. The van der Waals surface area contributed by atoms with Gasteiger partial charge in [-0.3, -0.25) is 0 Å². The lowest BCUT2D eigenvalue weighted by Crippen LogP contribution is -2.38. The van der Waals surface area contributed by atoms with Gasteiger partial charge in [0.05, 0.1) is 0 Å². The molecule has 0 radical (unpaired) electrons. The molecule has 3 aromatic rings. The van der Waals surface area contributed by atoms with E-state index in [-0.39, 0.29) is 17.8 Å². The zero-order valence-corrected chi connectivity index (χ0v) is 15.2. The number of nitrogens with zero attached hydrogens (tertiary/aromatic N) is 4. The number of carbonyl (C=O) groups excluding carboxylic acids is 1. The van der Waals surface area contributed by atoms with Gasteiger partial charge in [-0.2, -0.15) is 0 Å². The zero-order chi connectivity index (χ0) is 18.8. The summed E-state index contributed by atoms with van der Waals surface area (Å²) >= 11 is 0. The highest BCUT2D eigenvalue weighted by Crippen LogP contribution is 2.29. The van der Waals surface area contributed by atoms with Crippen molar-refractivity contribution in [3.63, 3.8) is 0 Å². The number of pyridine rings is 1. The minimum absolute atomic E-state index is 0.126. The van der Waals surface area contributed by atoms with Crippen LogP contribution in [0, 0.1) is 5.82 Å². The number of amides is 2. The number of urea groups is 1. The van der Waals surface area contributed by atoms with Gasteiger partial charge in [0.1, 0.15) is 17.2 Å². The Bertz CT molecular complexity index is 970. The molecule has 140 valence electrons. The Labute approximate surface area is 157 Å². The maximum absolute atomic E-state index is 13.3. The van der Waals surface area contributed by atoms with Crippen LogP contribution in [-0.2, 0) is 13.1 Å². The van der Waals surface area contributed by atoms with Crippen LogP contribution in [0.3, 0.4) is 0 Å². The Balaban J connectivity index is 1.43. The van der Waals surface area contributed by atoms with Gasteiger partial charge in [0.25, 0.3) is 0 Å². The van der Waals surface area contributed by atoms with E-state index in [2.05, 4.69) is 21.8 Å². The van der Waals surface area contributed by atoms with Crippen LogP contribution in [0.1, 0.15) is 30.7 Å². The van der Waals surface area contributed by atoms with Gasteiger partial charge in [-0.1, -0.05) is 12.1 Å². The number of aryl methyl sites for hydroxylation is 1. The highest BCUT2D eigenvalue weighted by molar-refractivity contribution is 5.75. The molecular formula is C20H22FN5O. The molecule has 0 spiro atoms. The minimum atomic E-state index is -0.296. The Morgan fingerprint density at radius 1 is 1.33 bits per heavy atom. The number of benzene rings is 1. The highest BCUT2D eigenvalue weighted by Gasteiger charge is 2.30. The van der Waals surface area contributed by atoms with E-state index < -0.39 is 0 Å². The van der Waals surface area contributed by atoms with Crippen LogP contribution in [0.2, 0.25) is 0 Å². The topological polar surface area (TPSA) is 63.1 Å². The summed E-state index contributed by atoms with van der Waals surface area (Å²) in [5.41, 5.74) is 2.53. The summed E-state index contributed by atoms with van der Waals surface area (Å²) in [6.45, 7) is 4.50. The zero-order valence-electron chi connectivity index (χ0n) is 15.2. The fourth-order valence-corrected chi connectivity index (χ4v) is 3.69. The molecule has 0 saturated carbocycles. The lowest BCUT2D eigenvalue weighted by molar-refractivity contribution is 0.207. The van der Waals surface area contributed by atoms with Crippen molar-refractivity contribution in [2.75, 3.05) is 13.1 Å². The molecule has 0 unspecified atom stereocenters. The fraction of sp³-hybridized carbons (Fsp3) is 0.350. The Morgan fingerprint density at radius 2 is 2.22 bits per heavy atom. The van der Waals surface area contributed by atoms with E-state index in [4.69, 9.17) is 4.98 Å². The largest absolute Gasteiger partial charge is 0.334 e. The molecule has 1 aliphatic heterocycles. The molecule has 6 nitrogen and oxygen atoms in total. The minimum Gasteiger partial charge on any atom is -0.334 e. The molecular weight excluding hydrogens is 345 g/mol. The van der Waals surface area contributed by atoms with Crippen molar-refractivity contribution in [2.24, 2.45) is 0 Å². The van der Waals surface area contributed by atoms with Crippen LogP contribution >= 0.6 is 0 Å². The molecule has 2 amide bonds. The normalized spacial score (nSPS) is 16.8. The van der Waals surface area contributed by atoms with Gasteiger partial charge in [0.15, 0.2) is 5.65 Å². The molecule has 1 saturated heterocycles. The van der Waals surface area contributed by atoms with E-state index in [0.29, 0.717) is 19.6 Å². The third-order valence-electron chi connectivity index (χ3n) is 5.02. The van der Waals surface area contributed by atoms with Crippen molar-refractivity contribution in [3.05, 3.63) is 59.8 Å². The van der Waals surface area contributed by atoms with E-state index in [1.54, 1.807) is 23.2 Å². The molecule has 7 heteroatoms. The Morgan fingerprint density at radius 3 is 3.04 bits per heavy atom. The van der Waals surface area contributed by atoms with Crippen LogP contribution in [0.4, 0.5) is 9.18 Å². The van der Waals surface area contributed by atoms with E-state index in [0.717, 1.165) is 35.5 Å². The molecule has 1 aromatic carbocycles. The molecule has 0 aliphatic carbocycles. The van der Waals surface area contributed by atoms with Crippen molar-refractivity contribution >= 4 is 17.2 Å². The summed E-state index contributed by atoms with van der Waals surface area (Å²) < 4.78 is 15.4. The maximum atomic E-state index is 13.3. The number of hydrogen-bond acceptors (Lipinski definition) is 3. The van der Waals surface area contributed by atoms with Crippen LogP contribution in [-0.4, -0.2) is 38.6 Å². The number of likely N-dealkylation sites (tertiary alicyclic amines) is 1. The second-order valence-electron chi connectivity index (χ2n) is 6.78. The van der Waals surface area contributed by atoms with E-state index in [1.807, 2.05) is 12.1 Å². The number of halogens is 1. The van der Waals surface area contributed by atoms with Gasteiger partial charge in [0, 0.05) is 38.3 Å². The average molecular weight is 367 g/mol. The lowest BCUT2D eigenvalue weighted by atomic mass is 10.1. The molecule has 3 heterocycles. The molecule has 1 fully saturated rings. The van der Waals surface area contributed by atoms with Crippen LogP contribution < -0.4 is 5.32 Å². The highest BCUT2D eigenvalue weighted by atomic mass is 19.1. The quantitative estimate of drug-likeness (QED) is 0.770. The van der Waals surface area contributed by atoms with Crippen molar-refractivity contribution < 1.29 is 9.18 Å². The summed E-state index contributed by atoms with van der Waals surface area (Å²) in [5, 5.41) is 2.88. The van der Waals surface area contributed by atoms with Gasteiger partial charge in [0.2, 0.25) is 0 Å². The Kier molecular flexibility index (Phi) is 4.75. The van der Waals surface area contributed by atoms with Gasteiger partial charge in [-0.15, -0.1) is 0 Å². The van der Waals surface area contributed by atoms with Crippen molar-refractivity contribution in [1.29, 1.82) is 0 Å². The predicted octanol–water partition coefficient (Wildman–Crippen LogP) is 3.29. The number of imidazole rings is 1. The first-order valence-corrected chi connectivity index (χ1v) is 9.24. The second-order valence-corrected chi connectivity index (χ2v) is 6.78. The average Bonchev–Trinajstić information content (AvgIpc) is 3.30. The second kappa shape index (κ2) is 7.34. The maximum Gasteiger partial charge on any atom is 0.317 e. The number of rotatable bonds is 4. The van der Waals surface area contributed by atoms with Crippen molar-refractivity contribution in [3.8, 4) is 0 Å². The molecule has 0 bridgehead atoms. The summed E-state index contributed by atoms with van der Waals surface area (Å²) in [6, 6.07) is 10.0. The predicted molar refractivity (Wildman–Crippen MR) is 101 cm³/mol. The molecule has 27 heavy (non-hydrogen) atoms. The SMILES string of the molecule is CCn1c([C@@H]2CCN(C(=O)NCc3cccc(F)c3)C2)nc2cccnc21. The summed E-state index contributed by atoms with van der Waals surface area (Å²) in [7, 11) is 0. The van der Waals surface area contributed by atoms with Gasteiger partial charge in [-0.25, -0.2) is 19.2 Å². The monoisotopic (exact) mass is 367 g/mol. The summed E-state index contributed by atoms with van der Waals surface area (Å²) in [4.78, 5) is 23.5. The number of fused-ring (bicyclic) bond motifs is 1. The van der Waals surface area contributed by atoms with E-state index >= 15 is 0 Å². The van der Waals surface area contributed by atoms with Crippen LogP contribution in [0.25, 0.3) is 11.2 Å². The third kappa shape index (κ3) is 3.49. The van der Waals surface area contributed by atoms with E-state index in [1.165, 1.54) is 12.1 Å². The fourth-order valence-electron chi connectivity index (χ4n) is 3.69. The first kappa shape index (κ1) is 17.5.